The molecule has 0 radical (unpaired) electrons. The molecule has 2 amide bonds. The predicted octanol–water partition coefficient (Wildman–Crippen LogP) is 0.0638. The molecule has 1 saturated carbocycles. The number of carboxylic acid groups (broad SMARTS) is 1. The summed E-state index contributed by atoms with van der Waals surface area (Å²) in [5, 5.41) is 22.5. The summed E-state index contributed by atoms with van der Waals surface area (Å²) in [6.45, 7) is 1.68. The number of carbonyl (C=O) groups excluding carboxylic acids is 1. The first-order valence-corrected chi connectivity index (χ1v) is 5.40. The largest absolute Gasteiger partial charge is 0.479 e. The Morgan fingerprint density at radius 1 is 1.38 bits per heavy atom. The minimum Gasteiger partial charge on any atom is -0.479 e. The quantitative estimate of drug-likeness (QED) is 0.549. The topological polar surface area (TPSA) is 98.7 Å². The van der Waals surface area contributed by atoms with Crippen LogP contribution in [-0.2, 0) is 4.79 Å². The number of aliphatic hydroxyl groups is 1. The number of urea groups is 1. The number of hydrogen-bond acceptors (Lipinski definition) is 3. The summed E-state index contributed by atoms with van der Waals surface area (Å²) < 4.78 is 0. The van der Waals surface area contributed by atoms with Gasteiger partial charge in [0.15, 0.2) is 6.10 Å². The highest BCUT2D eigenvalue weighted by molar-refractivity contribution is 5.77. The standard InChI is InChI=1S/C10H18N2O4/c1-10(4-2-3-5-10)12-9(16)11-6-7(13)8(14)15/h7,13H,2-6H2,1H3,(H,14,15)(H2,11,12,16)/t7-/m0/s1. The Hall–Kier alpha value is -1.30. The van der Waals surface area contributed by atoms with Crippen molar-refractivity contribution in [2.45, 2.75) is 44.2 Å². The molecular weight excluding hydrogens is 212 g/mol. The first kappa shape index (κ1) is 12.8. The number of nitrogens with one attached hydrogen (secondary N) is 2. The van der Waals surface area contributed by atoms with E-state index in [4.69, 9.17) is 10.2 Å². The monoisotopic (exact) mass is 230 g/mol. The average Bonchev–Trinajstić information content (AvgIpc) is 2.60. The van der Waals surface area contributed by atoms with Crippen LogP contribution in [0.1, 0.15) is 32.6 Å². The number of rotatable bonds is 4. The summed E-state index contributed by atoms with van der Waals surface area (Å²) >= 11 is 0. The fourth-order valence-corrected chi connectivity index (χ4v) is 1.88. The van der Waals surface area contributed by atoms with Crippen LogP contribution < -0.4 is 10.6 Å². The van der Waals surface area contributed by atoms with Crippen molar-refractivity contribution >= 4 is 12.0 Å². The maximum absolute atomic E-state index is 11.4. The fourth-order valence-electron chi connectivity index (χ4n) is 1.88. The molecule has 92 valence electrons. The summed E-state index contributed by atoms with van der Waals surface area (Å²) in [4.78, 5) is 21.7. The van der Waals surface area contributed by atoms with Crippen molar-refractivity contribution in [1.29, 1.82) is 0 Å². The molecule has 0 bridgehead atoms. The van der Waals surface area contributed by atoms with Gasteiger partial charge in [0.25, 0.3) is 0 Å². The van der Waals surface area contributed by atoms with E-state index in [1.54, 1.807) is 0 Å². The Balaban J connectivity index is 2.28. The molecule has 0 aromatic heterocycles. The molecule has 16 heavy (non-hydrogen) atoms. The molecule has 0 aromatic carbocycles. The van der Waals surface area contributed by atoms with Crippen LogP contribution in [0.4, 0.5) is 4.79 Å². The molecule has 0 unspecified atom stereocenters. The van der Waals surface area contributed by atoms with Gasteiger partial charge in [0, 0.05) is 5.54 Å². The highest BCUT2D eigenvalue weighted by atomic mass is 16.4. The van der Waals surface area contributed by atoms with Gasteiger partial charge in [0.2, 0.25) is 0 Å². The maximum atomic E-state index is 11.4. The minimum absolute atomic E-state index is 0.196. The van der Waals surface area contributed by atoms with E-state index in [-0.39, 0.29) is 12.1 Å². The van der Waals surface area contributed by atoms with E-state index in [1.165, 1.54) is 0 Å². The first-order chi connectivity index (χ1) is 7.43. The highest BCUT2D eigenvalue weighted by Gasteiger charge is 2.30. The highest BCUT2D eigenvalue weighted by Crippen LogP contribution is 2.28. The minimum atomic E-state index is -1.55. The molecule has 1 atom stereocenters. The van der Waals surface area contributed by atoms with Crippen LogP contribution in [0.25, 0.3) is 0 Å². The van der Waals surface area contributed by atoms with Crippen LogP contribution in [0.15, 0.2) is 0 Å². The summed E-state index contributed by atoms with van der Waals surface area (Å²) in [5.41, 5.74) is -0.196. The molecule has 1 aliphatic carbocycles. The van der Waals surface area contributed by atoms with E-state index in [9.17, 15) is 9.59 Å². The van der Waals surface area contributed by atoms with Crippen LogP contribution in [0, 0.1) is 0 Å². The Kier molecular flexibility index (Phi) is 4.12. The summed E-state index contributed by atoms with van der Waals surface area (Å²) in [6.07, 6.45) is 2.49. The molecule has 1 aliphatic rings. The zero-order valence-corrected chi connectivity index (χ0v) is 9.32. The number of carbonyl (C=O) groups is 2. The summed E-state index contributed by atoms with van der Waals surface area (Å²) in [5.74, 6) is -1.34. The van der Waals surface area contributed by atoms with Crippen LogP contribution in [0.5, 0.6) is 0 Å². The van der Waals surface area contributed by atoms with Crippen molar-refractivity contribution in [3.05, 3.63) is 0 Å². The van der Waals surface area contributed by atoms with Gasteiger partial charge < -0.3 is 20.8 Å². The van der Waals surface area contributed by atoms with Gasteiger partial charge in [-0.2, -0.15) is 0 Å². The normalized spacial score (nSPS) is 20.1. The summed E-state index contributed by atoms with van der Waals surface area (Å²) in [7, 11) is 0. The van der Waals surface area contributed by atoms with Gasteiger partial charge in [0.05, 0.1) is 6.54 Å². The van der Waals surface area contributed by atoms with Crippen molar-refractivity contribution in [2.24, 2.45) is 0 Å². The molecule has 1 fully saturated rings. The second kappa shape index (κ2) is 5.16. The second-order valence-electron chi connectivity index (χ2n) is 4.46. The molecule has 4 N–H and O–H groups in total. The number of aliphatic carboxylic acids is 1. The molecule has 1 rings (SSSR count). The molecule has 6 heteroatoms. The number of aliphatic hydroxyl groups excluding tert-OH is 1. The Morgan fingerprint density at radius 3 is 2.44 bits per heavy atom. The lowest BCUT2D eigenvalue weighted by Crippen LogP contribution is -2.50. The number of carboxylic acids is 1. The van der Waals surface area contributed by atoms with Crippen molar-refractivity contribution in [3.8, 4) is 0 Å². The molecule has 0 aliphatic heterocycles. The van der Waals surface area contributed by atoms with Gasteiger partial charge in [0.1, 0.15) is 0 Å². The predicted molar refractivity (Wildman–Crippen MR) is 57.1 cm³/mol. The Morgan fingerprint density at radius 2 is 1.94 bits per heavy atom. The third-order valence-corrected chi connectivity index (χ3v) is 2.86. The van der Waals surface area contributed by atoms with E-state index >= 15 is 0 Å². The third-order valence-electron chi connectivity index (χ3n) is 2.86. The molecule has 0 spiro atoms. The van der Waals surface area contributed by atoms with Crippen molar-refractivity contribution < 1.29 is 19.8 Å². The van der Waals surface area contributed by atoms with Crippen LogP contribution in [0.3, 0.4) is 0 Å². The van der Waals surface area contributed by atoms with Gasteiger partial charge in [-0.1, -0.05) is 12.8 Å². The van der Waals surface area contributed by atoms with E-state index in [0.29, 0.717) is 0 Å². The first-order valence-electron chi connectivity index (χ1n) is 5.40. The number of amides is 2. The van der Waals surface area contributed by atoms with E-state index in [0.717, 1.165) is 25.7 Å². The molecule has 0 aromatic rings. The second-order valence-corrected chi connectivity index (χ2v) is 4.46. The van der Waals surface area contributed by atoms with Crippen molar-refractivity contribution in [1.82, 2.24) is 10.6 Å². The van der Waals surface area contributed by atoms with Crippen molar-refractivity contribution in [3.63, 3.8) is 0 Å². The van der Waals surface area contributed by atoms with Crippen LogP contribution in [-0.4, -0.2) is 40.4 Å². The van der Waals surface area contributed by atoms with Crippen molar-refractivity contribution in [2.75, 3.05) is 6.54 Å². The SMILES string of the molecule is CC1(NC(=O)NC[C@H](O)C(=O)O)CCCC1. The van der Waals surface area contributed by atoms with E-state index < -0.39 is 18.1 Å². The van der Waals surface area contributed by atoms with Crippen LogP contribution >= 0.6 is 0 Å². The van der Waals surface area contributed by atoms with Crippen LogP contribution in [0.2, 0.25) is 0 Å². The molecule has 0 saturated heterocycles. The lowest BCUT2D eigenvalue weighted by molar-refractivity contribution is -0.146. The zero-order valence-electron chi connectivity index (χ0n) is 9.32. The lowest BCUT2D eigenvalue weighted by atomic mass is 10.0. The third kappa shape index (κ3) is 3.69. The number of hydrogen-bond donors (Lipinski definition) is 4. The van der Waals surface area contributed by atoms with Gasteiger partial charge in [-0.25, -0.2) is 9.59 Å². The Bertz CT molecular complexity index is 274. The maximum Gasteiger partial charge on any atom is 0.334 e. The zero-order chi connectivity index (χ0) is 12.2. The van der Waals surface area contributed by atoms with E-state index in [2.05, 4.69) is 10.6 Å². The molecule has 0 heterocycles. The van der Waals surface area contributed by atoms with Gasteiger partial charge in [-0.3, -0.25) is 0 Å². The lowest BCUT2D eigenvalue weighted by Gasteiger charge is -2.25. The fraction of sp³-hybridized carbons (Fsp3) is 0.800. The van der Waals surface area contributed by atoms with Gasteiger partial charge in [-0.15, -0.1) is 0 Å². The summed E-state index contributed by atoms with van der Waals surface area (Å²) in [6, 6.07) is -0.426. The van der Waals surface area contributed by atoms with E-state index in [1.807, 2.05) is 6.92 Å². The van der Waals surface area contributed by atoms with Gasteiger partial charge in [-0.05, 0) is 19.8 Å². The smallest absolute Gasteiger partial charge is 0.334 e. The molecule has 6 nitrogen and oxygen atoms in total. The van der Waals surface area contributed by atoms with Gasteiger partial charge >= 0.3 is 12.0 Å². The average molecular weight is 230 g/mol. The Labute approximate surface area is 94.0 Å². The molecular formula is C10H18N2O4.